The van der Waals surface area contributed by atoms with E-state index in [1.165, 1.54) is 0 Å². The van der Waals surface area contributed by atoms with Crippen LogP contribution in [0.3, 0.4) is 0 Å². The number of amides is 1. The fraction of sp³-hybridized carbons (Fsp3) is 0.600. The maximum Gasteiger partial charge on any atom is 0.488 e. The van der Waals surface area contributed by atoms with Gasteiger partial charge in [-0.3, -0.25) is 0 Å². The van der Waals surface area contributed by atoms with Gasteiger partial charge in [0.05, 0.1) is 0 Å². The molecule has 23 heavy (non-hydrogen) atoms. The Labute approximate surface area is 137 Å². The minimum Gasteiger partial charge on any atom is -0.444 e. The molecule has 0 bridgehead atoms. The summed E-state index contributed by atoms with van der Waals surface area (Å²) < 4.78 is 5.43. The third kappa shape index (κ3) is 4.59. The van der Waals surface area contributed by atoms with Crippen molar-refractivity contribution < 1.29 is 19.6 Å². The van der Waals surface area contributed by atoms with E-state index in [0.29, 0.717) is 30.9 Å². The predicted octanol–water partition coefficient (Wildman–Crippen LogP) is 0.207. The third-order valence-corrected chi connectivity index (χ3v) is 3.65. The number of hydrogen-bond donors (Lipinski definition) is 2. The largest absolute Gasteiger partial charge is 0.488 e. The fourth-order valence-electron chi connectivity index (χ4n) is 2.53. The van der Waals surface area contributed by atoms with Crippen LogP contribution in [0.1, 0.15) is 27.7 Å². The molecule has 126 valence electrons. The second-order valence-corrected chi connectivity index (χ2v) is 6.79. The molecule has 2 rings (SSSR count). The smallest absolute Gasteiger partial charge is 0.444 e. The van der Waals surface area contributed by atoms with E-state index >= 15 is 0 Å². The molecule has 1 amide bonds. The lowest BCUT2D eigenvalue weighted by molar-refractivity contribution is 0.0158. The summed E-state index contributed by atoms with van der Waals surface area (Å²) in [5, 5.41) is 18.5. The molecular formula is C15H24BN3O4. The van der Waals surface area contributed by atoms with E-state index in [-0.39, 0.29) is 12.1 Å². The first kappa shape index (κ1) is 17.6. The van der Waals surface area contributed by atoms with Crippen molar-refractivity contribution in [2.45, 2.75) is 39.3 Å². The van der Waals surface area contributed by atoms with Crippen LogP contribution in [0.5, 0.6) is 0 Å². The number of ether oxygens (including phenoxy) is 1. The zero-order valence-corrected chi connectivity index (χ0v) is 14.1. The zero-order chi connectivity index (χ0) is 17.2. The second-order valence-electron chi connectivity index (χ2n) is 6.79. The highest BCUT2D eigenvalue weighted by molar-refractivity contribution is 6.58. The van der Waals surface area contributed by atoms with Crippen LogP contribution in [0.15, 0.2) is 18.3 Å². The average molecular weight is 321 g/mol. The van der Waals surface area contributed by atoms with Crippen molar-refractivity contribution in [3.05, 3.63) is 18.3 Å². The van der Waals surface area contributed by atoms with Crippen LogP contribution in [0.25, 0.3) is 0 Å². The first-order valence-corrected chi connectivity index (χ1v) is 7.74. The molecule has 1 aromatic rings. The summed E-state index contributed by atoms with van der Waals surface area (Å²) in [6.45, 7) is 9.26. The topological polar surface area (TPSA) is 86.1 Å². The van der Waals surface area contributed by atoms with E-state index in [4.69, 9.17) is 4.74 Å². The van der Waals surface area contributed by atoms with Gasteiger partial charge in [0.1, 0.15) is 11.4 Å². The molecular weight excluding hydrogens is 297 g/mol. The van der Waals surface area contributed by atoms with Crippen LogP contribution in [0.2, 0.25) is 0 Å². The quantitative estimate of drug-likeness (QED) is 0.757. The Morgan fingerprint density at radius 1 is 1.39 bits per heavy atom. The van der Waals surface area contributed by atoms with Crippen molar-refractivity contribution in [1.29, 1.82) is 0 Å². The lowest BCUT2D eigenvalue weighted by Gasteiger charge is -2.40. The van der Waals surface area contributed by atoms with Gasteiger partial charge in [0.2, 0.25) is 0 Å². The van der Waals surface area contributed by atoms with E-state index in [1.54, 1.807) is 23.2 Å². The van der Waals surface area contributed by atoms with Gasteiger partial charge < -0.3 is 24.6 Å². The lowest BCUT2D eigenvalue weighted by Crippen LogP contribution is -2.55. The van der Waals surface area contributed by atoms with Gasteiger partial charge in [0.15, 0.2) is 0 Å². The van der Waals surface area contributed by atoms with Crippen LogP contribution >= 0.6 is 0 Å². The summed E-state index contributed by atoms with van der Waals surface area (Å²) in [4.78, 5) is 20.2. The maximum absolute atomic E-state index is 12.2. The standard InChI is InChI=1S/C15H24BN3O4/c1-11-10-18(13-9-12(16(21)22)5-6-17-13)7-8-19(11)14(20)23-15(2,3)4/h5-6,9,11,21-22H,7-8,10H2,1-4H3/t11-/m0/s1. The molecule has 1 aliphatic heterocycles. The number of carbonyl (C=O) groups is 1. The Morgan fingerprint density at radius 2 is 2.09 bits per heavy atom. The van der Waals surface area contributed by atoms with Gasteiger partial charge in [-0.05, 0) is 45.3 Å². The molecule has 2 N–H and O–H groups in total. The van der Waals surface area contributed by atoms with E-state index < -0.39 is 12.7 Å². The van der Waals surface area contributed by atoms with Crippen LogP contribution < -0.4 is 10.4 Å². The van der Waals surface area contributed by atoms with E-state index in [0.717, 1.165) is 0 Å². The van der Waals surface area contributed by atoms with Crippen molar-refractivity contribution in [2.75, 3.05) is 24.5 Å². The molecule has 0 unspecified atom stereocenters. The molecule has 7 nitrogen and oxygen atoms in total. The molecule has 1 aromatic heterocycles. The van der Waals surface area contributed by atoms with Gasteiger partial charge in [-0.25, -0.2) is 9.78 Å². The monoisotopic (exact) mass is 321 g/mol. The molecule has 1 aliphatic rings. The van der Waals surface area contributed by atoms with Crippen LogP contribution in [0, 0.1) is 0 Å². The van der Waals surface area contributed by atoms with E-state index in [1.807, 2.05) is 32.6 Å². The molecule has 0 radical (unpaired) electrons. The number of hydrogen-bond acceptors (Lipinski definition) is 6. The first-order valence-electron chi connectivity index (χ1n) is 7.74. The highest BCUT2D eigenvalue weighted by Crippen LogP contribution is 2.19. The van der Waals surface area contributed by atoms with E-state index in [9.17, 15) is 14.8 Å². The van der Waals surface area contributed by atoms with E-state index in [2.05, 4.69) is 4.98 Å². The Hall–Kier alpha value is -1.80. The third-order valence-electron chi connectivity index (χ3n) is 3.65. The van der Waals surface area contributed by atoms with Crippen molar-refractivity contribution >= 4 is 24.5 Å². The minimum absolute atomic E-state index is 0.0249. The van der Waals surface area contributed by atoms with Crippen molar-refractivity contribution in [2.24, 2.45) is 0 Å². The number of nitrogens with zero attached hydrogens (tertiary/aromatic N) is 3. The molecule has 0 aromatic carbocycles. The fourth-order valence-corrected chi connectivity index (χ4v) is 2.53. The molecule has 1 saturated heterocycles. The normalized spacial score (nSPS) is 18.8. The first-order chi connectivity index (χ1) is 10.7. The Balaban J connectivity index is 2.04. The number of carbonyl (C=O) groups excluding carboxylic acids is 1. The Morgan fingerprint density at radius 3 is 2.65 bits per heavy atom. The number of anilines is 1. The molecule has 2 heterocycles. The molecule has 1 fully saturated rings. The molecule has 0 saturated carbocycles. The summed E-state index contributed by atoms with van der Waals surface area (Å²) in [5.41, 5.74) is -0.113. The van der Waals surface area contributed by atoms with Crippen molar-refractivity contribution in [3.8, 4) is 0 Å². The molecule has 0 aliphatic carbocycles. The second kappa shape index (κ2) is 6.76. The lowest BCUT2D eigenvalue weighted by atomic mass is 9.81. The Kier molecular flexibility index (Phi) is 5.16. The maximum atomic E-state index is 12.2. The van der Waals surface area contributed by atoms with Gasteiger partial charge in [-0.15, -0.1) is 0 Å². The number of pyridine rings is 1. The summed E-state index contributed by atoms with van der Waals surface area (Å²) in [6.07, 6.45) is 1.24. The van der Waals surface area contributed by atoms with Crippen LogP contribution in [0.4, 0.5) is 10.6 Å². The van der Waals surface area contributed by atoms with Crippen LogP contribution in [-0.4, -0.2) is 64.4 Å². The predicted molar refractivity (Wildman–Crippen MR) is 88.7 cm³/mol. The van der Waals surface area contributed by atoms with Gasteiger partial charge in [-0.1, -0.05) is 0 Å². The van der Waals surface area contributed by atoms with Crippen LogP contribution in [-0.2, 0) is 4.74 Å². The summed E-state index contributed by atoms with van der Waals surface area (Å²) >= 11 is 0. The molecule has 1 atom stereocenters. The van der Waals surface area contributed by atoms with Crippen molar-refractivity contribution in [1.82, 2.24) is 9.88 Å². The Bertz CT molecular complexity index is 562. The molecule has 8 heteroatoms. The van der Waals surface area contributed by atoms with Gasteiger partial charge in [-0.2, -0.15) is 0 Å². The zero-order valence-electron chi connectivity index (χ0n) is 14.1. The number of piperazine rings is 1. The minimum atomic E-state index is -1.52. The number of aromatic nitrogens is 1. The highest BCUT2D eigenvalue weighted by Gasteiger charge is 2.31. The van der Waals surface area contributed by atoms with Crippen molar-refractivity contribution in [3.63, 3.8) is 0 Å². The number of rotatable bonds is 2. The summed E-state index contributed by atoms with van der Waals surface area (Å²) in [7, 11) is -1.52. The summed E-state index contributed by atoms with van der Waals surface area (Å²) in [5.74, 6) is 0.672. The summed E-state index contributed by atoms with van der Waals surface area (Å²) in [6, 6.07) is 3.19. The highest BCUT2D eigenvalue weighted by atomic mass is 16.6. The van der Waals surface area contributed by atoms with Gasteiger partial charge in [0, 0.05) is 31.9 Å². The molecule has 0 spiro atoms. The average Bonchev–Trinajstić information content (AvgIpc) is 2.45. The SMILES string of the molecule is C[C@H]1CN(c2cc(B(O)O)ccn2)CCN1C(=O)OC(C)(C)C. The van der Waals surface area contributed by atoms with Gasteiger partial charge in [0.25, 0.3) is 0 Å². The van der Waals surface area contributed by atoms with Gasteiger partial charge >= 0.3 is 13.2 Å².